The van der Waals surface area contributed by atoms with Gasteiger partial charge >= 0.3 is 0 Å². The molecule has 6 heteroatoms. The number of anilines is 1. The lowest BCUT2D eigenvalue weighted by Crippen LogP contribution is -2.50. The highest BCUT2D eigenvalue weighted by Crippen LogP contribution is 2.20. The van der Waals surface area contributed by atoms with E-state index in [9.17, 15) is 9.59 Å². The molecule has 1 aliphatic rings. The van der Waals surface area contributed by atoms with Crippen LogP contribution in [0.5, 0.6) is 0 Å². The lowest BCUT2D eigenvalue weighted by molar-refractivity contribution is -0.136. The van der Waals surface area contributed by atoms with Crippen LogP contribution in [0.15, 0.2) is 22.7 Å². The minimum absolute atomic E-state index is 0.223. The van der Waals surface area contributed by atoms with Crippen molar-refractivity contribution in [2.24, 2.45) is 0 Å². The van der Waals surface area contributed by atoms with E-state index in [-0.39, 0.29) is 24.9 Å². The number of nitrogens with one attached hydrogen (secondary N) is 1. The van der Waals surface area contributed by atoms with Crippen LogP contribution in [-0.4, -0.2) is 29.8 Å². The molecule has 90 valence electrons. The average Bonchev–Trinajstić information content (AvgIpc) is 2.21. The maximum Gasteiger partial charge on any atom is 0.240 e. The lowest BCUT2D eigenvalue weighted by atomic mass is 10.1. The van der Waals surface area contributed by atoms with Crippen LogP contribution in [0.25, 0.3) is 0 Å². The zero-order chi connectivity index (χ0) is 12.4. The summed E-state index contributed by atoms with van der Waals surface area (Å²) in [6, 6.07) is 5.58. The highest BCUT2D eigenvalue weighted by atomic mass is 79.9. The zero-order valence-electron chi connectivity index (χ0n) is 9.07. The predicted molar refractivity (Wildman–Crippen MR) is 67.0 cm³/mol. The first kappa shape index (κ1) is 12.1. The summed E-state index contributed by atoms with van der Waals surface area (Å²) in [5.74, 6) is -0.533. The number of nitrogens with two attached hydrogens (primary N) is 1. The van der Waals surface area contributed by atoms with Crippen molar-refractivity contribution in [3.05, 3.63) is 28.2 Å². The summed E-state index contributed by atoms with van der Waals surface area (Å²) in [6.07, 6.45) is 0. The Bertz CT molecular complexity index is 460. The largest absolute Gasteiger partial charge is 0.398 e. The maximum absolute atomic E-state index is 11.2. The molecule has 1 aromatic rings. The number of carbonyl (C=O) groups excluding carboxylic acids is 2. The number of nitrogen functional groups attached to an aromatic ring is 1. The normalized spacial score (nSPS) is 17.0. The minimum Gasteiger partial charge on any atom is -0.398 e. The Kier molecular flexibility index (Phi) is 3.44. The molecule has 5 nitrogen and oxygen atoms in total. The molecule has 0 saturated carbocycles. The van der Waals surface area contributed by atoms with E-state index in [4.69, 9.17) is 5.73 Å². The molecule has 0 spiro atoms. The van der Waals surface area contributed by atoms with Crippen molar-refractivity contribution in [1.29, 1.82) is 0 Å². The fourth-order valence-electron chi connectivity index (χ4n) is 1.76. The number of piperazine rings is 1. The van der Waals surface area contributed by atoms with Crippen LogP contribution in [-0.2, 0) is 16.1 Å². The molecule has 0 radical (unpaired) electrons. The molecule has 1 heterocycles. The molecular formula is C11H12BrN3O2. The van der Waals surface area contributed by atoms with Gasteiger partial charge in [-0.3, -0.25) is 19.8 Å². The van der Waals surface area contributed by atoms with E-state index in [2.05, 4.69) is 21.2 Å². The van der Waals surface area contributed by atoms with Gasteiger partial charge in [0.2, 0.25) is 11.8 Å². The molecule has 2 amide bonds. The van der Waals surface area contributed by atoms with E-state index in [0.29, 0.717) is 12.2 Å². The molecule has 17 heavy (non-hydrogen) atoms. The van der Waals surface area contributed by atoms with Gasteiger partial charge in [0.15, 0.2) is 0 Å². The van der Waals surface area contributed by atoms with Crippen molar-refractivity contribution in [2.45, 2.75) is 6.54 Å². The summed E-state index contributed by atoms with van der Waals surface area (Å²) in [7, 11) is 0. The first-order valence-corrected chi connectivity index (χ1v) is 5.93. The van der Waals surface area contributed by atoms with E-state index >= 15 is 0 Å². The number of rotatable bonds is 2. The summed E-state index contributed by atoms with van der Waals surface area (Å²) in [6.45, 7) is 0.945. The summed E-state index contributed by atoms with van der Waals surface area (Å²) < 4.78 is 0.909. The summed E-state index contributed by atoms with van der Waals surface area (Å²) in [4.78, 5) is 24.2. The molecule has 0 aliphatic carbocycles. The molecule has 1 saturated heterocycles. The van der Waals surface area contributed by atoms with Gasteiger partial charge in [0, 0.05) is 16.7 Å². The smallest absolute Gasteiger partial charge is 0.240 e. The van der Waals surface area contributed by atoms with Gasteiger partial charge in [-0.1, -0.05) is 22.0 Å². The molecule has 1 aromatic carbocycles. The standard InChI is InChI=1S/C11H12BrN3O2/c12-8-2-1-7(9(13)3-8)4-15-5-10(16)14-11(17)6-15/h1-3H,4-6,13H2,(H,14,16,17). The average molecular weight is 298 g/mol. The highest BCUT2D eigenvalue weighted by Gasteiger charge is 2.22. The number of benzene rings is 1. The first-order chi connectivity index (χ1) is 8.04. The molecule has 0 atom stereocenters. The summed E-state index contributed by atoms with van der Waals surface area (Å²) >= 11 is 3.33. The highest BCUT2D eigenvalue weighted by molar-refractivity contribution is 9.10. The van der Waals surface area contributed by atoms with Gasteiger partial charge in [0.05, 0.1) is 13.1 Å². The molecule has 1 aliphatic heterocycles. The molecule has 0 aromatic heterocycles. The molecule has 1 fully saturated rings. The predicted octanol–water partition coefficient (Wildman–Crippen LogP) is 0.490. The Morgan fingerprint density at radius 1 is 1.29 bits per heavy atom. The fourth-order valence-corrected chi connectivity index (χ4v) is 2.14. The van der Waals surface area contributed by atoms with Crippen LogP contribution in [0.2, 0.25) is 0 Å². The Morgan fingerprint density at radius 2 is 1.94 bits per heavy atom. The number of hydrogen-bond donors (Lipinski definition) is 2. The Balaban J connectivity index is 2.10. The maximum atomic E-state index is 11.2. The van der Waals surface area contributed by atoms with Gasteiger partial charge in [-0.25, -0.2) is 0 Å². The van der Waals surface area contributed by atoms with Gasteiger partial charge in [-0.05, 0) is 17.7 Å². The minimum atomic E-state index is -0.267. The van der Waals surface area contributed by atoms with Gasteiger partial charge in [0.25, 0.3) is 0 Å². The summed E-state index contributed by atoms with van der Waals surface area (Å²) in [5.41, 5.74) is 7.43. The van der Waals surface area contributed by atoms with E-state index < -0.39 is 0 Å². The fraction of sp³-hybridized carbons (Fsp3) is 0.273. The van der Waals surface area contributed by atoms with Gasteiger partial charge in [-0.15, -0.1) is 0 Å². The number of hydrogen-bond acceptors (Lipinski definition) is 4. The zero-order valence-corrected chi connectivity index (χ0v) is 10.7. The Hall–Kier alpha value is -1.40. The van der Waals surface area contributed by atoms with Gasteiger partial charge in [0.1, 0.15) is 0 Å². The van der Waals surface area contributed by atoms with E-state index in [1.54, 1.807) is 11.0 Å². The lowest BCUT2D eigenvalue weighted by Gasteiger charge is -2.25. The number of amides is 2. The van der Waals surface area contributed by atoms with Crippen LogP contribution >= 0.6 is 15.9 Å². The van der Waals surface area contributed by atoms with Crippen LogP contribution in [0.3, 0.4) is 0 Å². The first-order valence-electron chi connectivity index (χ1n) is 5.13. The second kappa shape index (κ2) is 4.85. The molecule has 3 N–H and O–H groups in total. The van der Waals surface area contributed by atoms with Crippen LogP contribution < -0.4 is 11.1 Å². The Morgan fingerprint density at radius 3 is 2.53 bits per heavy atom. The van der Waals surface area contributed by atoms with Crippen LogP contribution in [0.1, 0.15) is 5.56 Å². The van der Waals surface area contributed by atoms with Gasteiger partial charge in [-0.2, -0.15) is 0 Å². The number of imide groups is 1. The van der Waals surface area contributed by atoms with Crippen molar-refractivity contribution < 1.29 is 9.59 Å². The van der Waals surface area contributed by atoms with Crippen molar-refractivity contribution in [2.75, 3.05) is 18.8 Å². The quantitative estimate of drug-likeness (QED) is 0.615. The van der Waals surface area contributed by atoms with E-state index in [0.717, 1.165) is 10.0 Å². The third-order valence-corrected chi connectivity index (χ3v) is 3.01. The topological polar surface area (TPSA) is 75.4 Å². The van der Waals surface area contributed by atoms with E-state index in [1.165, 1.54) is 0 Å². The number of nitrogens with zero attached hydrogens (tertiary/aromatic N) is 1. The number of carbonyl (C=O) groups is 2. The molecule has 0 unspecified atom stereocenters. The van der Waals surface area contributed by atoms with Gasteiger partial charge < -0.3 is 5.73 Å². The SMILES string of the molecule is Nc1cc(Br)ccc1CN1CC(=O)NC(=O)C1. The second-order valence-electron chi connectivity index (χ2n) is 3.96. The second-order valence-corrected chi connectivity index (χ2v) is 4.88. The Labute approximate surface area is 107 Å². The van der Waals surface area contributed by atoms with Crippen molar-refractivity contribution in [1.82, 2.24) is 10.2 Å². The monoisotopic (exact) mass is 297 g/mol. The van der Waals surface area contributed by atoms with Crippen LogP contribution in [0.4, 0.5) is 5.69 Å². The number of halogens is 1. The molecule has 2 rings (SSSR count). The van der Waals surface area contributed by atoms with Crippen molar-refractivity contribution in [3.8, 4) is 0 Å². The third-order valence-electron chi connectivity index (χ3n) is 2.52. The van der Waals surface area contributed by atoms with Crippen LogP contribution in [0, 0.1) is 0 Å². The summed E-state index contributed by atoms with van der Waals surface area (Å²) in [5, 5.41) is 2.26. The molecular weight excluding hydrogens is 286 g/mol. The van der Waals surface area contributed by atoms with E-state index in [1.807, 2.05) is 12.1 Å². The molecule has 0 bridgehead atoms. The third kappa shape index (κ3) is 3.04. The van der Waals surface area contributed by atoms with Crippen molar-refractivity contribution in [3.63, 3.8) is 0 Å². The van der Waals surface area contributed by atoms with Crippen molar-refractivity contribution >= 4 is 33.4 Å².